The number of carboxylic acids is 1. The zero-order chi connectivity index (χ0) is 23.8. The third kappa shape index (κ3) is 7.54. The monoisotopic (exact) mass is 475 g/mol. The van der Waals surface area contributed by atoms with Gasteiger partial charge in [-0.05, 0) is 78.8 Å². The van der Waals surface area contributed by atoms with Crippen molar-refractivity contribution in [3.8, 4) is 11.1 Å². The third-order valence-electron chi connectivity index (χ3n) is 5.29. The van der Waals surface area contributed by atoms with E-state index in [9.17, 15) is 14.7 Å². The van der Waals surface area contributed by atoms with E-state index in [0.29, 0.717) is 31.0 Å². The van der Waals surface area contributed by atoms with Crippen LogP contribution in [0.2, 0.25) is 0 Å². The van der Waals surface area contributed by atoms with E-state index in [1.165, 1.54) is 0 Å². The summed E-state index contributed by atoms with van der Waals surface area (Å²) in [5, 5.41) is 12.2. The first kappa shape index (κ1) is 27.8. The van der Waals surface area contributed by atoms with E-state index in [1.54, 1.807) is 17.8 Å². The molecule has 1 heterocycles. The summed E-state index contributed by atoms with van der Waals surface area (Å²) in [4.78, 5) is 24.7. The van der Waals surface area contributed by atoms with Crippen LogP contribution in [0.5, 0.6) is 0 Å². The number of thioether (sulfide) groups is 1. The normalized spacial score (nSPS) is 11.5. The van der Waals surface area contributed by atoms with E-state index in [-0.39, 0.29) is 18.9 Å². The topological polar surface area (TPSA) is 88.8 Å². The molecule has 2 N–H and O–H groups in total. The van der Waals surface area contributed by atoms with E-state index < -0.39 is 17.9 Å². The van der Waals surface area contributed by atoms with Gasteiger partial charge in [0.2, 0.25) is 0 Å². The molecule has 1 aromatic heterocycles. The number of carbonyl (C=O) groups excluding carboxylic acids is 1. The van der Waals surface area contributed by atoms with E-state index >= 15 is 0 Å². The molecule has 0 aliphatic heterocycles. The van der Waals surface area contributed by atoms with Gasteiger partial charge >= 0.3 is 24.8 Å². The average molecular weight is 476 g/mol. The van der Waals surface area contributed by atoms with Crippen LogP contribution in [0.1, 0.15) is 39.4 Å². The summed E-state index contributed by atoms with van der Waals surface area (Å²) in [5.74, 6) is 0.803. The fourth-order valence-electron chi connectivity index (χ4n) is 3.54. The van der Waals surface area contributed by atoms with Gasteiger partial charge in [0.1, 0.15) is 24.2 Å². The number of carbonyl (C=O) groups is 2. The third-order valence-corrected chi connectivity index (χ3v) is 5.93. The molecule has 0 aliphatic rings. The molecule has 3 rings (SSSR count). The van der Waals surface area contributed by atoms with Crippen LogP contribution >= 0.6 is 11.8 Å². The number of amides is 1. The zero-order valence-corrected chi connectivity index (χ0v) is 19.9. The number of hydrogen-bond acceptors (Lipinski definition) is 5. The standard InChI is InChI=1S/C26H29NO5S.Li.H/c1-17-6-4-5-7-21(17)23-14-19(15-31-16-20-10-8-18(2)32-20)9-11-22(23)25(28)27-24(26(29)30)12-13-33-3;;/h4-11,14,24H,12-13,15-16H2,1-3H3,(H,27,28)(H,29,30);;. The minimum atomic E-state index is -1.03. The molecule has 8 heteroatoms. The Labute approximate surface area is 216 Å². The molecule has 0 fully saturated rings. The molecule has 34 heavy (non-hydrogen) atoms. The molecule has 0 saturated carbocycles. The molecule has 1 atom stereocenters. The maximum atomic E-state index is 13.1. The SMILES string of the molecule is CSCCC(NC(=O)c1ccc(COCc2ccc(C)o2)cc1-c1ccccc1C)C(=O)O.[LiH]. The van der Waals surface area contributed by atoms with Crippen molar-refractivity contribution in [2.75, 3.05) is 12.0 Å². The number of nitrogens with one attached hydrogen (secondary N) is 1. The van der Waals surface area contributed by atoms with Crippen molar-refractivity contribution in [1.82, 2.24) is 5.32 Å². The van der Waals surface area contributed by atoms with E-state index in [0.717, 1.165) is 33.8 Å². The van der Waals surface area contributed by atoms with Crippen molar-refractivity contribution >= 4 is 42.5 Å². The van der Waals surface area contributed by atoms with Crippen LogP contribution < -0.4 is 5.32 Å². The molecular formula is C26H30LiNO5S. The molecule has 0 aliphatic carbocycles. The van der Waals surface area contributed by atoms with Gasteiger partial charge in [-0.1, -0.05) is 30.3 Å². The number of aliphatic carboxylic acids is 1. The van der Waals surface area contributed by atoms with Crippen LogP contribution in [0.15, 0.2) is 59.0 Å². The Morgan fingerprint density at radius 1 is 1.06 bits per heavy atom. The van der Waals surface area contributed by atoms with Crippen molar-refractivity contribution in [1.29, 1.82) is 0 Å². The van der Waals surface area contributed by atoms with Gasteiger partial charge in [0, 0.05) is 5.56 Å². The summed E-state index contributed by atoms with van der Waals surface area (Å²) in [6.07, 6.45) is 2.27. The van der Waals surface area contributed by atoms with Crippen LogP contribution in [0.4, 0.5) is 0 Å². The Morgan fingerprint density at radius 3 is 2.47 bits per heavy atom. The number of ether oxygens (including phenoxy) is 1. The van der Waals surface area contributed by atoms with Gasteiger partial charge in [-0.15, -0.1) is 0 Å². The molecule has 176 valence electrons. The quantitative estimate of drug-likeness (QED) is 0.395. The first-order valence-electron chi connectivity index (χ1n) is 10.7. The van der Waals surface area contributed by atoms with Gasteiger partial charge in [0.15, 0.2) is 0 Å². The van der Waals surface area contributed by atoms with Crippen molar-refractivity contribution in [3.05, 3.63) is 82.8 Å². The Hall–Kier alpha value is -2.43. The van der Waals surface area contributed by atoms with Crippen molar-refractivity contribution in [2.24, 2.45) is 0 Å². The molecule has 1 amide bonds. The fraction of sp³-hybridized carbons (Fsp3) is 0.308. The van der Waals surface area contributed by atoms with E-state index in [2.05, 4.69) is 5.32 Å². The molecule has 0 spiro atoms. The Bertz CT molecular complexity index is 1110. The molecule has 0 radical (unpaired) electrons. The van der Waals surface area contributed by atoms with Crippen LogP contribution in [-0.4, -0.2) is 53.9 Å². The average Bonchev–Trinajstić information content (AvgIpc) is 3.21. The minimum absolute atomic E-state index is 0. The van der Waals surface area contributed by atoms with Gasteiger partial charge < -0.3 is 19.6 Å². The number of benzene rings is 2. The second kappa shape index (κ2) is 13.5. The van der Waals surface area contributed by atoms with Gasteiger partial charge in [0.25, 0.3) is 5.91 Å². The van der Waals surface area contributed by atoms with Crippen LogP contribution in [0, 0.1) is 13.8 Å². The predicted octanol–water partition coefficient (Wildman–Crippen LogP) is 4.57. The van der Waals surface area contributed by atoms with Gasteiger partial charge in [-0.2, -0.15) is 11.8 Å². The van der Waals surface area contributed by atoms with Crippen molar-refractivity contribution in [2.45, 2.75) is 39.5 Å². The second-order valence-electron chi connectivity index (χ2n) is 7.85. The van der Waals surface area contributed by atoms with Gasteiger partial charge in [-0.25, -0.2) is 4.79 Å². The summed E-state index contributed by atoms with van der Waals surface area (Å²) in [6.45, 7) is 4.58. The Morgan fingerprint density at radius 2 is 1.82 bits per heavy atom. The first-order chi connectivity index (χ1) is 15.9. The first-order valence-corrected chi connectivity index (χ1v) is 12.1. The summed E-state index contributed by atoms with van der Waals surface area (Å²) in [7, 11) is 0. The van der Waals surface area contributed by atoms with Crippen molar-refractivity contribution in [3.63, 3.8) is 0 Å². The summed E-state index contributed by atoms with van der Waals surface area (Å²) in [6, 6.07) is 16.2. The maximum absolute atomic E-state index is 13.1. The van der Waals surface area contributed by atoms with E-state index in [4.69, 9.17) is 9.15 Å². The predicted molar refractivity (Wildman–Crippen MR) is 138 cm³/mol. The molecule has 0 bridgehead atoms. The van der Waals surface area contributed by atoms with Gasteiger partial charge in [0.05, 0.1) is 6.61 Å². The zero-order valence-electron chi connectivity index (χ0n) is 19.1. The number of carboxylic acid groups (broad SMARTS) is 1. The number of aryl methyl sites for hydroxylation is 2. The molecule has 2 aromatic carbocycles. The Balaban J connectivity index is 0.00000408. The van der Waals surface area contributed by atoms with Crippen molar-refractivity contribution < 1.29 is 23.8 Å². The fourth-order valence-corrected chi connectivity index (χ4v) is 4.01. The number of hydrogen-bond donors (Lipinski definition) is 2. The molecular weight excluding hydrogens is 445 g/mol. The summed E-state index contributed by atoms with van der Waals surface area (Å²) >= 11 is 1.55. The molecule has 0 saturated heterocycles. The van der Waals surface area contributed by atoms with Gasteiger partial charge in [-0.3, -0.25) is 4.79 Å². The molecule has 6 nitrogen and oxygen atoms in total. The second-order valence-corrected chi connectivity index (χ2v) is 8.83. The Kier molecular flexibility index (Phi) is 11.0. The summed E-state index contributed by atoms with van der Waals surface area (Å²) in [5.41, 5.74) is 4.03. The van der Waals surface area contributed by atoms with Crippen LogP contribution in [0.25, 0.3) is 11.1 Å². The molecule has 3 aromatic rings. The van der Waals surface area contributed by atoms with Crippen LogP contribution in [-0.2, 0) is 22.7 Å². The number of rotatable bonds is 11. The van der Waals surface area contributed by atoms with Crippen LogP contribution in [0.3, 0.4) is 0 Å². The molecule has 1 unspecified atom stereocenters. The number of furan rings is 1. The summed E-state index contributed by atoms with van der Waals surface area (Å²) < 4.78 is 11.3. The van der Waals surface area contributed by atoms with E-state index in [1.807, 2.05) is 68.6 Å².